The van der Waals surface area contributed by atoms with Gasteiger partial charge in [-0.1, -0.05) is 6.07 Å². The summed E-state index contributed by atoms with van der Waals surface area (Å²) in [6.07, 6.45) is 0. The summed E-state index contributed by atoms with van der Waals surface area (Å²) in [5, 5.41) is 0.599. The Kier molecular flexibility index (Phi) is 5.25. The van der Waals surface area contributed by atoms with Crippen molar-refractivity contribution in [2.75, 3.05) is 14.2 Å². The SMILES string of the molecule is COc1cc(CN(C)C(=O)c2cc3cc(F)ccc3[nH]2)ccc1OC(F)F. The van der Waals surface area contributed by atoms with Gasteiger partial charge in [-0.25, -0.2) is 4.39 Å². The van der Waals surface area contributed by atoms with Crippen LogP contribution in [0, 0.1) is 5.82 Å². The lowest BCUT2D eigenvalue weighted by atomic mass is 10.2. The average molecular weight is 378 g/mol. The second-order valence-corrected chi connectivity index (χ2v) is 5.94. The monoisotopic (exact) mass is 378 g/mol. The summed E-state index contributed by atoms with van der Waals surface area (Å²) in [6, 6.07) is 10.3. The Morgan fingerprint density at radius 2 is 1.93 bits per heavy atom. The number of carbonyl (C=O) groups excluding carboxylic acids is 1. The van der Waals surface area contributed by atoms with E-state index in [1.165, 1.54) is 36.3 Å². The van der Waals surface area contributed by atoms with Crippen molar-refractivity contribution in [3.05, 3.63) is 59.5 Å². The molecule has 0 spiro atoms. The molecule has 0 radical (unpaired) electrons. The van der Waals surface area contributed by atoms with E-state index in [0.29, 0.717) is 22.2 Å². The number of hydrogen-bond donors (Lipinski definition) is 1. The van der Waals surface area contributed by atoms with Crippen LogP contribution >= 0.6 is 0 Å². The van der Waals surface area contributed by atoms with Crippen LogP contribution in [0.25, 0.3) is 10.9 Å². The highest BCUT2D eigenvalue weighted by Gasteiger charge is 2.17. The molecular formula is C19H17F3N2O3. The van der Waals surface area contributed by atoms with Gasteiger partial charge < -0.3 is 19.4 Å². The number of hydrogen-bond acceptors (Lipinski definition) is 3. The minimum Gasteiger partial charge on any atom is -0.493 e. The van der Waals surface area contributed by atoms with E-state index in [4.69, 9.17) is 4.74 Å². The molecule has 3 rings (SSSR count). The Hall–Kier alpha value is -3.16. The van der Waals surface area contributed by atoms with E-state index in [-0.39, 0.29) is 29.8 Å². The second-order valence-electron chi connectivity index (χ2n) is 5.94. The molecule has 27 heavy (non-hydrogen) atoms. The van der Waals surface area contributed by atoms with E-state index in [9.17, 15) is 18.0 Å². The molecule has 0 bridgehead atoms. The summed E-state index contributed by atoms with van der Waals surface area (Å²) in [5.41, 5.74) is 1.65. The van der Waals surface area contributed by atoms with Crippen molar-refractivity contribution in [1.29, 1.82) is 0 Å². The molecule has 0 fully saturated rings. The number of carbonyl (C=O) groups is 1. The van der Waals surface area contributed by atoms with Crippen LogP contribution in [0.15, 0.2) is 42.5 Å². The highest BCUT2D eigenvalue weighted by Crippen LogP contribution is 2.30. The Morgan fingerprint density at radius 1 is 1.15 bits per heavy atom. The molecule has 0 saturated carbocycles. The van der Waals surface area contributed by atoms with E-state index in [1.807, 2.05) is 0 Å². The van der Waals surface area contributed by atoms with Crippen LogP contribution in [-0.2, 0) is 6.54 Å². The number of nitrogens with zero attached hydrogens (tertiary/aromatic N) is 1. The van der Waals surface area contributed by atoms with Crippen molar-refractivity contribution in [1.82, 2.24) is 9.88 Å². The number of H-pyrrole nitrogens is 1. The van der Waals surface area contributed by atoms with Gasteiger partial charge in [-0.05, 0) is 42.0 Å². The van der Waals surface area contributed by atoms with Crippen LogP contribution in [0.1, 0.15) is 16.1 Å². The molecule has 1 heterocycles. The number of fused-ring (bicyclic) bond motifs is 1. The van der Waals surface area contributed by atoms with Gasteiger partial charge in [0.2, 0.25) is 0 Å². The van der Waals surface area contributed by atoms with Crippen LogP contribution in [-0.4, -0.2) is 36.6 Å². The number of methoxy groups -OCH3 is 1. The second kappa shape index (κ2) is 7.61. The van der Waals surface area contributed by atoms with Gasteiger partial charge in [-0.15, -0.1) is 0 Å². The smallest absolute Gasteiger partial charge is 0.387 e. The lowest BCUT2D eigenvalue weighted by Crippen LogP contribution is -2.26. The first-order chi connectivity index (χ1) is 12.9. The molecule has 5 nitrogen and oxygen atoms in total. The molecule has 0 aliphatic rings. The molecule has 0 atom stereocenters. The van der Waals surface area contributed by atoms with Crippen LogP contribution < -0.4 is 9.47 Å². The van der Waals surface area contributed by atoms with Gasteiger partial charge in [-0.3, -0.25) is 4.79 Å². The van der Waals surface area contributed by atoms with Crippen LogP contribution in [0.4, 0.5) is 13.2 Å². The first-order valence-corrected chi connectivity index (χ1v) is 8.03. The first-order valence-electron chi connectivity index (χ1n) is 8.03. The van der Waals surface area contributed by atoms with Gasteiger partial charge in [0.1, 0.15) is 11.5 Å². The van der Waals surface area contributed by atoms with Crippen LogP contribution in [0.2, 0.25) is 0 Å². The van der Waals surface area contributed by atoms with E-state index in [1.54, 1.807) is 25.2 Å². The Labute approximate surface area is 153 Å². The normalized spacial score (nSPS) is 11.0. The van der Waals surface area contributed by atoms with Gasteiger partial charge >= 0.3 is 6.61 Å². The van der Waals surface area contributed by atoms with Gasteiger partial charge in [0.25, 0.3) is 5.91 Å². The van der Waals surface area contributed by atoms with Crippen molar-refractivity contribution in [3.63, 3.8) is 0 Å². The summed E-state index contributed by atoms with van der Waals surface area (Å²) >= 11 is 0. The van der Waals surface area contributed by atoms with Gasteiger partial charge in [0, 0.05) is 24.5 Å². The number of nitrogens with one attached hydrogen (secondary N) is 1. The van der Waals surface area contributed by atoms with Crippen molar-refractivity contribution in [2.24, 2.45) is 0 Å². The van der Waals surface area contributed by atoms with Crippen molar-refractivity contribution in [3.8, 4) is 11.5 Å². The van der Waals surface area contributed by atoms with Crippen LogP contribution in [0.3, 0.4) is 0 Å². The fourth-order valence-corrected chi connectivity index (χ4v) is 2.77. The largest absolute Gasteiger partial charge is 0.493 e. The third-order valence-corrected chi connectivity index (χ3v) is 4.02. The fraction of sp³-hybridized carbons (Fsp3) is 0.211. The number of alkyl halides is 2. The molecule has 0 aliphatic heterocycles. The molecule has 0 aliphatic carbocycles. The first kappa shape index (κ1) is 18.6. The fourth-order valence-electron chi connectivity index (χ4n) is 2.77. The summed E-state index contributed by atoms with van der Waals surface area (Å²) in [7, 11) is 2.94. The topological polar surface area (TPSA) is 54.6 Å². The number of aromatic amines is 1. The highest BCUT2D eigenvalue weighted by atomic mass is 19.3. The summed E-state index contributed by atoms with van der Waals surface area (Å²) in [5.74, 6) is -0.608. The molecule has 1 amide bonds. The van der Waals surface area contributed by atoms with E-state index in [2.05, 4.69) is 9.72 Å². The Bertz CT molecular complexity index is 972. The number of aromatic nitrogens is 1. The molecule has 142 valence electrons. The molecule has 0 saturated heterocycles. The zero-order valence-corrected chi connectivity index (χ0v) is 14.6. The van der Waals surface area contributed by atoms with Gasteiger partial charge in [-0.2, -0.15) is 8.78 Å². The molecular weight excluding hydrogens is 361 g/mol. The van der Waals surface area contributed by atoms with E-state index >= 15 is 0 Å². The molecule has 2 aromatic carbocycles. The number of rotatable bonds is 6. The number of ether oxygens (including phenoxy) is 2. The minimum atomic E-state index is -2.96. The molecule has 1 N–H and O–H groups in total. The van der Waals surface area contributed by atoms with Gasteiger partial charge in [0.05, 0.1) is 7.11 Å². The zero-order valence-electron chi connectivity index (χ0n) is 14.6. The third kappa shape index (κ3) is 4.16. The molecule has 3 aromatic rings. The highest BCUT2D eigenvalue weighted by molar-refractivity contribution is 5.97. The number of amides is 1. The Balaban J connectivity index is 1.77. The summed E-state index contributed by atoms with van der Waals surface area (Å²) < 4.78 is 47.5. The maximum Gasteiger partial charge on any atom is 0.387 e. The minimum absolute atomic E-state index is 0.0807. The number of halogens is 3. The van der Waals surface area contributed by atoms with Crippen molar-refractivity contribution in [2.45, 2.75) is 13.2 Å². The molecule has 8 heteroatoms. The lowest BCUT2D eigenvalue weighted by molar-refractivity contribution is -0.0512. The number of benzene rings is 2. The molecule has 1 aromatic heterocycles. The predicted octanol–water partition coefficient (Wildman–Crippen LogP) is 4.19. The quantitative estimate of drug-likeness (QED) is 0.700. The summed E-state index contributed by atoms with van der Waals surface area (Å²) in [6.45, 7) is -2.74. The molecule has 0 unspecified atom stereocenters. The predicted molar refractivity (Wildman–Crippen MR) is 93.7 cm³/mol. The Morgan fingerprint density at radius 3 is 2.63 bits per heavy atom. The van der Waals surface area contributed by atoms with E-state index < -0.39 is 6.61 Å². The van der Waals surface area contributed by atoms with Crippen molar-refractivity contribution >= 4 is 16.8 Å². The van der Waals surface area contributed by atoms with Crippen molar-refractivity contribution < 1.29 is 27.4 Å². The third-order valence-electron chi connectivity index (χ3n) is 4.02. The standard InChI is InChI=1S/C19H17F3N2O3/c1-24(10-11-3-6-16(27-19(21)22)17(7-11)26-2)18(25)15-9-12-8-13(20)4-5-14(12)23-15/h3-9,19,23H,10H2,1-2H3. The van der Waals surface area contributed by atoms with E-state index in [0.717, 1.165) is 0 Å². The summed E-state index contributed by atoms with van der Waals surface area (Å²) in [4.78, 5) is 17.0. The van der Waals surface area contributed by atoms with Gasteiger partial charge in [0.15, 0.2) is 11.5 Å². The maximum atomic E-state index is 13.3. The zero-order chi connectivity index (χ0) is 19.6. The average Bonchev–Trinajstić information content (AvgIpc) is 3.04. The maximum absolute atomic E-state index is 13.3. The lowest BCUT2D eigenvalue weighted by Gasteiger charge is -2.18. The van der Waals surface area contributed by atoms with Crippen LogP contribution in [0.5, 0.6) is 11.5 Å².